The molecule has 0 fully saturated rings. The molecule has 6 nitrogen and oxygen atoms in total. The standard InChI is InChI=1S/C15H14N4O2S/c1-10-2-4-11(5-3-10)14-18-13(21-19-14)7-6-12(20)17-15-16-8-9-22-15/h2-5,8-9H,6-7H2,1H3,(H,16,17,20). The summed E-state index contributed by atoms with van der Waals surface area (Å²) in [6.07, 6.45) is 2.32. The van der Waals surface area contributed by atoms with E-state index in [0.29, 0.717) is 23.3 Å². The van der Waals surface area contributed by atoms with Crippen LogP contribution in [0.4, 0.5) is 5.13 Å². The van der Waals surface area contributed by atoms with Crippen molar-refractivity contribution in [2.24, 2.45) is 0 Å². The predicted octanol–water partition coefficient (Wildman–Crippen LogP) is 3.07. The zero-order valence-corrected chi connectivity index (χ0v) is 12.8. The van der Waals surface area contributed by atoms with Crippen molar-refractivity contribution >= 4 is 22.4 Å². The zero-order chi connectivity index (χ0) is 15.4. The van der Waals surface area contributed by atoms with Gasteiger partial charge in [-0.25, -0.2) is 4.98 Å². The number of aromatic nitrogens is 3. The van der Waals surface area contributed by atoms with E-state index in [1.165, 1.54) is 16.9 Å². The van der Waals surface area contributed by atoms with Crippen LogP contribution in [-0.4, -0.2) is 21.0 Å². The highest BCUT2D eigenvalue weighted by Gasteiger charge is 2.11. The van der Waals surface area contributed by atoms with E-state index in [-0.39, 0.29) is 12.3 Å². The molecule has 3 aromatic rings. The number of hydrogen-bond acceptors (Lipinski definition) is 6. The average Bonchev–Trinajstić information content (AvgIpc) is 3.17. The second kappa shape index (κ2) is 6.48. The Kier molecular flexibility index (Phi) is 4.24. The van der Waals surface area contributed by atoms with Gasteiger partial charge in [0.05, 0.1) is 0 Å². The molecule has 0 aliphatic carbocycles. The molecule has 22 heavy (non-hydrogen) atoms. The number of amides is 1. The first kappa shape index (κ1) is 14.4. The summed E-state index contributed by atoms with van der Waals surface area (Å²) in [7, 11) is 0. The quantitative estimate of drug-likeness (QED) is 0.782. The first-order valence-electron chi connectivity index (χ1n) is 6.80. The van der Waals surface area contributed by atoms with Crippen molar-refractivity contribution in [2.75, 3.05) is 5.32 Å². The van der Waals surface area contributed by atoms with E-state index in [4.69, 9.17) is 4.52 Å². The minimum atomic E-state index is -0.120. The fraction of sp³-hybridized carbons (Fsp3) is 0.200. The van der Waals surface area contributed by atoms with E-state index in [0.717, 1.165) is 5.56 Å². The van der Waals surface area contributed by atoms with E-state index in [1.54, 1.807) is 6.20 Å². The first-order chi connectivity index (χ1) is 10.7. The number of nitrogens with zero attached hydrogens (tertiary/aromatic N) is 3. The lowest BCUT2D eigenvalue weighted by atomic mass is 10.1. The Bertz CT molecular complexity index is 750. The molecule has 0 bridgehead atoms. The highest BCUT2D eigenvalue weighted by Crippen LogP contribution is 2.17. The average molecular weight is 314 g/mol. The molecule has 0 spiro atoms. The number of aryl methyl sites for hydroxylation is 2. The van der Waals surface area contributed by atoms with Crippen LogP contribution in [0.3, 0.4) is 0 Å². The molecule has 0 saturated carbocycles. The predicted molar refractivity (Wildman–Crippen MR) is 83.5 cm³/mol. The Labute approximate surface area is 131 Å². The van der Waals surface area contributed by atoms with Crippen LogP contribution < -0.4 is 5.32 Å². The molecule has 2 heterocycles. The molecule has 0 radical (unpaired) electrons. The molecule has 7 heteroatoms. The summed E-state index contributed by atoms with van der Waals surface area (Å²) < 4.78 is 5.18. The Balaban J connectivity index is 1.57. The fourth-order valence-electron chi connectivity index (χ4n) is 1.86. The van der Waals surface area contributed by atoms with E-state index >= 15 is 0 Å². The van der Waals surface area contributed by atoms with Crippen molar-refractivity contribution in [1.82, 2.24) is 15.1 Å². The van der Waals surface area contributed by atoms with Gasteiger partial charge in [-0.1, -0.05) is 35.0 Å². The third-order valence-corrected chi connectivity index (χ3v) is 3.71. The Hall–Kier alpha value is -2.54. The SMILES string of the molecule is Cc1ccc(-c2noc(CCC(=O)Nc3nccs3)n2)cc1. The summed E-state index contributed by atoms with van der Waals surface area (Å²) in [6.45, 7) is 2.02. The molecule has 1 amide bonds. The van der Waals surface area contributed by atoms with Gasteiger partial charge in [0.2, 0.25) is 17.6 Å². The summed E-state index contributed by atoms with van der Waals surface area (Å²) in [5.41, 5.74) is 2.07. The summed E-state index contributed by atoms with van der Waals surface area (Å²) >= 11 is 1.38. The fourth-order valence-corrected chi connectivity index (χ4v) is 2.41. The lowest BCUT2D eigenvalue weighted by molar-refractivity contribution is -0.116. The van der Waals surface area contributed by atoms with Crippen LogP contribution in [0.1, 0.15) is 17.9 Å². The van der Waals surface area contributed by atoms with Gasteiger partial charge in [-0.05, 0) is 6.92 Å². The molecule has 1 aromatic carbocycles. The summed E-state index contributed by atoms with van der Waals surface area (Å²) in [6, 6.07) is 7.87. The molecule has 0 aliphatic rings. The van der Waals surface area contributed by atoms with Crippen molar-refractivity contribution in [1.29, 1.82) is 0 Å². The molecule has 3 rings (SSSR count). The topological polar surface area (TPSA) is 80.9 Å². The number of rotatable bonds is 5. The lowest BCUT2D eigenvalue weighted by Gasteiger charge is -1.98. The van der Waals surface area contributed by atoms with Crippen molar-refractivity contribution in [3.05, 3.63) is 47.3 Å². The van der Waals surface area contributed by atoms with Crippen molar-refractivity contribution < 1.29 is 9.32 Å². The monoisotopic (exact) mass is 314 g/mol. The van der Waals surface area contributed by atoms with Crippen LogP contribution in [0.5, 0.6) is 0 Å². The van der Waals surface area contributed by atoms with Crippen molar-refractivity contribution in [2.45, 2.75) is 19.8 Å². The van der Waals surface area contributed by atoms with Crippen molar-refractivity contribution in [3.8, 4) is 11.4 Å². The Morgan fingerprint density at radius 2 is 2.14 bits per heavy atom. The van der Waals surface area contributed by atoms with Gasteiger partial charge in [0.1, 0.15) is 0 Å². The number of carbonyl (C=O) groups excluding carboxylic acids is 1. The molecule has 1 N–H and O–H groups in total. The molecule has 0 atom stereocenters. The van der Waals surface area contributed by atoms with E-state index < -0.39 is 0 Å². The van der Waals surface area contributed by atoms with Crippen LogP contribution >= 0.6 is 11.3 Å². The normalized spacial score (nSPS) is 10.6. The maximum atomic E-state index is 11.8. The molecule has 2 aromatic heterocycles. The lowest BCUT2D eigenvalue weighted by Crippen LogP contribution is -2.12. The van der Waals surface area contributed by atoms with Gasteiger partial charge in [0, 0.05) is 30.0 Å². The Morgan fingerprint density at radius 1 is 1.32 bits per heavy atom. The highest BCUT2D eigenvalue weighted by atomic mass is 32.1. The minimum Gasteiger partial charge on any atom is -0.339 e. The largest absolute Gasteiger partial charge is 0.339 e. The van der Waals surface area contributed by atoms with Crippen LogP contribution in [-0.2, 0) is 11.2 Å². The minimum absolute atomic E-state index is 0.120. The molecule has 0 unspecified atom stereocenters. The number of nitrogens with one attached hydrogen (secondary N) is 1. The van der Waals surface area contributed by atoms with Gasteiger partial charge in [-0.2, -0.15) is 4.98 Å². The van der Waals surface area contributed by atoms with Crippen LogP contribution in [0.15, 0.2) is 40.4 Å². The second-order valence-electron chi connectivity index (χ2n) is 4.76. The number of hydrogen-bond donors (Lipinski definition) is 1. The van der Waals surface area contributed by atoms with Gasteiger partial charge >= 0.3 is 0 Å². The maximum absolute atomic E-state index is 11.8. The summed E-state index contributed by atoms with van der Waals surface area (Å²) in [5.74, 6) is 0.866. The third kappa shape index (κ3) is 3.56. The van der Waals surface area contributed by atoms with Gasteiger partial charge in [-0.3, -0.25) is 4.79 Å². The number of benzene rings is 1. The number of carbonyl (C=O) groups is 1. The Morgan fingerprint density at radius 3 is 2.86 bits per heavy atom. The van der Waals surface area contributed by atoms with E-state index in [2.05, 4.69) is 20.4 Å². The summed E-state index contributed by atoms with van der Waals surface area (Å²) in [4.78, 5) is 20.1. The smallest absolute Gasteiger partial charge is 0.227 e. The second-order valence-corrected chi connectivity index (χ2v) is 5.66. The van der Waals surface area contributed by atoms with Gasteiger partial charge in [0.25, 0.3) is 0 Å². The van der Waals surface area contributed by atoms with Crippen LogP contribution in [0.25, 0.3) is 11.4 Å². The first-order valence-corrected chi connectivity index (χ1v) is 7.67. The van der Waals surface area contributed by atoms with Crippen LogP contribution in [0, 0.1) is 6.92 Å². The highest BCUT2D eigenvalue weighted by molar-refractivity contribution is 7.13. The molecular weight excluding hydrogens is 300 g/mol. The zero-order valence-electron chi connectivity index (χ0n) is 11.9. The van der Waals surface area contributed by atoms with Gasteiger partial charge < -0.3 is 9.84 Å². The van der Waals surface area contributed by atoms with Gasteiger partial charge in [-0.15, -0.1) is 11.3 Å². The van der Waals surface area contributed by atoms with E-state index in [1.807, 2.05) is 36.6 Å². The number of thiazole rings is 1. The van der Waals surface area contributed by atoms with Crippen molar-refractivity contribution in [3.63, 3.8) is 0 Å². The van der Waals surface area contributed by atoms with E-state index in [9.17, 15) is 4.79 Å². The molecular formula is C15H14N4O2S. The van der Waals surface area contributed by atoms with Gasteiger partial charge in [0.15, 0.2) is 5.13 Å². The maximum Gasteiger partial charge on any atom is 0.227 e. The number of anilines is 1. The summed E-state index contributed by atoms with van der Waals surface area (Å²) in [5, 5.41) is 9.06. The third-order valence-electron chi connectivity index (χ3n) is 3.02. The van der Waals surface area contributed by atoms with Crippen LogP contribution in [0.2, 0.25) is 0 Å². The molecule has 0 saturated heterocycles. The molecule has 112 valence electrons. The molecule has 0 aliphatic heterocycles.